The Morgan fingerprint density at radius 2 is 1.72 bits per heavy atom. The number of alkyl carbamates (subject to hydrolysis) is 1. The number of methoxy groups -OCH3 is 1. The second kappa shape index (κ2) is 15.2. The number of halogens is 1. The number of nitrogens with zero attached hydrogens (tertiary/aromatic N) is 2. The third-order valence-corrected chi connectivity index (χ3v) is 10.8. The van der Waals surface area contributed by atoms with Gasteiger partial charge in [0, 0.05) is 18.2 Å². The van der Waals surface area contributed by atoms with Crippen LogP contribution in [0.2, 0.25) is 0 Å². The molecule has 2 heterocycles. The fourth-order valence-electron chi connectivity index (χ4n) is 7.61. The summed E-state index contributed by atoms with van der Waals surface area (Å²) in [5, 5.41) is 8.76. The summed E-state index contributed by atoms with van der Waals surface area (Å²) in [4.78, 5) is 58.3. The SMILES string of the molecule is COC(=O)Nc1nc2ccc(NC(=O)[C@@H]3[C@H](C4CCCCC4)CCN3C(=O)C3CCC([C@@H](CF)NC(=O)OC(C)(C)C)CC3)cc2s1. The highest BCUT2D eigenvalue weighted by atomic mass is 32.1. The highest BCUT2D eigenvalue weighted by molar-refractivity contribution is 7.22. The van der Waals surface area contributed by atoms with Gasteiger partial charge in [0.1, 0.15) is 18.3 Å². The first kappa shape index (κ1) is 34.8. The van der Waals surface area contributed by atoms with Crippen molar-refractivity contribution in [2.45, 2.75) is 103 Å². The van der Waals surface area contributed by atoms with E-state index < -0.39 is 36.5 Å². The Morgan fingerprint density at radius 1 is 1.00 bits per heavy atom. The Kier molecular flexibility index (Phi) is 11.2. The first-order valence-corrected chi connectivity index (χ1v) is 17.7. The van der Waals surface area contributed by atoms with Gasteiger partial charge in [0.05, 0.1) is 23.4 Å². The molecule has 3 fully saturated rings. The van der Waals surface area contributed by atoms with Gasteiger partial charge in [-0.1, -0.05) is 43.4 Å². The Hall–Kier alpha value is -3.48. The second-order valence-corrected chi connectivity index (χ2v) is 15.2. The summed E-state index contributed by atoms with van der Waals surface area (Å²) in [6.07, 6.45) is 7.57. The summed E-state index contributed by atoms with van der Waals surface area (Å²) in [5.74, 6) is -0.0381. The van der Waals surface area contributed by atoms with E-state index in [9.17, 15) is 23.6 Å². The number of nitrogens with one attached hydrogen (secondary N) is 3. The Morgan fingerprint density at radius 3 is 2.38 bits per heavy atom. The first-order valence-electron chi connectivity index (χ1n) is 16.9. The van der Waals surface area contributed by atoms with Crippen molar-refractivity contribution in [2.24, 2.45) is 23.7 Å². The molecule has 0 radical (unpaired) electrons. The number of aromatic nitrogens is 1. The Labute approximate surface area is 279 Å². The summed E-state index contributed by atoms with van der Waals surface area (Å²) < 4.78 is 24.8. The smallest absolute Gasteiger partial charge is 0.413 e. The third-order valence-electron chi connectivity index (χ3n) is 9.86. The number of fused-ring (bicyclic) bond motifs is 1. The molecule has 4 amide bonds. The molecule has 0 unspecified atom stereocenters. The molecule has 258 valence electrons. The van der Waals surface area contributed by atoms with Crippen molar-refractivity contribution in [3.8, 4) is 0 Å². The summed E-state index contributed by atoms with van der Waals surface area (Å²) >= 11 is 1.28. The molecule has 5 rings (SSSR count). The van der Waals surface area contributed by atoms with Crippen molar-refractivity contribution in [3.63, 3.8) is 0 Å². The molecule has 13 heteroatoms. The summed E-state index contributed by atoms with van der Waals surface area (Å²) in [7, 11) is 1.29. The zero-order chi connectivity index (χ0) is 33.7. The van der Waals surface area contributed by atoms with E-state index in [1.807, 2.05) is 11.0 Å². The van der Waals surface area contributed by atoms with Crippen LogP contribution in [-0.4, -0.2) is 71.9 Å². The number of hydrogen-bond acceptors (Lipinski definition) is 8. The van der Waals surface area contributed by atoms with Gasteiger partial charge in [0.25, 0.3) is 0 Å². The number of amides is 4. The van der Waals surface area contributed by atoms with Crippen LogP contribution in [0.4, 0.5) is 24.8 Å². The number of anilines is 2. The lowest BCUT2D eigenvalue weighted by atomic mass is 9.76. The summed E-state index contributed by atoms with van der Waals surface area (Å²) in [5.41, 5.74) is 0.612. The van der Waals surface area contributed by atoms with Crippen molar-refractivity contribution < 1.29 is 33.0 Å². The van der Waals surface area contributed by atoms with Gasteiger partial charge in [-0.25, -0.2) is 19.0 Å². The van der Waals surface area contributed by atoms with E-state index in [1.165, 1.54) is 24.9 Å². The standard InChI is InChI=1S/C34H48FN5O6S/c1-34(2,3)46-33(44)38-26(19-35)21-10-12-22(13-11-21)30(42)40-17-16-24(20-8-6-5-7-9-20)28(40)29(41)36-23-14-15-25-27(18-23)47-31(37-25)39-32(43)45-4/h14-15,18,20-22,24,26,28H,5-13,16-17,19H2,1-4H3,(H,36,41)(H,38,44)(H,37,39,43)/t21?,22?,24-,26+,28-/m0/s1. The van der Waals surface area contributed by atoms with Gasteiger partial charge in [-0.05, 0) is 88.8 Å². The van der Waals surface area contributed by atoms with Gasteiger partial charge < -0.3 is 25.0 Å². The van der Waals surface area contributed by atoms with Crippen LogP contribution in [0.25, 0.3) is 10.2 Å². The topological polar surface area (TPSA) is 139 Å². The summed E-state index contributed by atoms with van der Waals surface area (Å²) in [6, 6.07) is 4.18. The molecule has 3 aliphatic rings. The van der Waals surface area contributed by atoms with Crippen LogP contribution in [-0.2, 0) is 19.1 Å². The molecule has 3 N–H and O–H groups in total. The number of rotatable bonds is 8. The highest BCUT2D eigenvalue weighted by Gasteiger charge is 2.47. The number of alkyl halides is 1. The molecule has 2 saturated carbocycles. The lowest BCUT2D eigenvalue weighted by Crippen LogP contribution is -2.50. The molecule has 2 aromatic rings. The fraction of sp³-hybridized carbons (Fsp3) is 0.676. The van der Waals surface area contributed by atoms with Crippen LogP contribution in [0.5, 0.6) is 0 Å². The van der Waals surface area contributed by atoms with Crippen LogP contribution >= 0.6 is 11.3 Å². The lowest BCUT2D eigenvalue weighted by Gasteiger charge is -2.37. The van der Waals surface area contributed by atoms with Crippen LogP contribution < -0.4 is 16.0 Å². The molecule has 11 nitrogen and oxygen atoms in total. The molecule has 3 atom stereocenters. The fourth-order valence-corrected chi connectivity index (χ4v) is 8.50. The van der Waals surface area contributed by atoms with Gasteiger partial charge >= 0.3 is 12.2 Å². The van der Waals surface area contributed by atoms with Gasteiger partial charge in [0.2, 0.25) is 11.8 Å². The summed E-state index contributed by atoms with van der Waals surface area (Å²) in [6.45, 7) is 5.14. The van der Waals surface area contributed by atoms with E-state index in [2.05, 4.69) is 25.7 Å². The molecule has 1 aromatic heterocycles. The van der Waals surface area contributed by atoms with Gasteiger partial charge in [-0.3, -0.25) is 14.9 Å². The zero-order valence-corrected chi connectivity index (χ0v) is 28.6. The molecule has 2 aliphatic carbocycles. The van der Waals surface area contributed by atoms with Crippen LogP contribution in [0.1, 0.15) is 85.0 Å². The van der Waals surface area contributed by atoms with Gasteiger partial charge in [-0.15, -0.1) is 0 Å². The van der Waals surface area contributed by atoms with Gasteiger partial charge in [0.15, 0.2) is 5.13 Å². The average Bonchev–Trinajstić information content (AvgIpc) is 3.67. The van der Waals surface area contributed by atoms with Crippen molar-refractivity contribution in [1.82, 2.24) is 15.2 Å². The maximum atomic E-state index is 14.1. The van der Waals surface area contributed by atoms with E-state index in [1.54, 1.807) is 32.9 Å². The molecular formula is C34H48FN5O6S. The average molecular weight is 674 g/mol. The molecule has 1 saturated heterocycles. The number of thiazole rings is 1. The van der Waals surface area contributed by atoms with E-state index >= 15 is 0 Å². The minimum Gasteiger partial charge on any atom is -0.453 e. The van der Waals surface area contributed by atoms with E-state index in [-0.39, 0.29) is 29.6 Å². The highest BCUT2D eigenvalue weighted by Crippen LogP contribution is 2.41. The third kappa shape index (κ3) is 8.71. The molecule has 1 aliphatic heterocycles. The quantitative estimate of drug-likeness (QED) is 0.278. The lowest BCUT2D eigenvalue weighted by molar-refractivity contribution is -0.142. The molecule has 0 bridgehead atoms. The monoisotopic (exact) mass is 673 g/mol. The minimum atomic E-state index is -0.698. The first-order chi connectivity index (χ1) is 22.5. The molecule has 47 heavy (non-hydrogen) atoms. The van der Waals surface area contributed by atoms with Crippen LogP contribution in [0.3, 0.4) is 0 Å². The number of benzene rings is 1. The van der Waals surface area contributed by atoms with E-state index in [0.717, 1.165) is 36.8 Å². The van der Waals surface area contributed by atoms with Crippen molar-refractivity contribution >= 4 is 56.4 Å². The normalized spacial score (nSPS) is 24.4. The van der Waals surface area contributed by atoms with Gasteiger partial charge in [-0.2, -0.15) is 0 Å². The number of hydrogen-bond donors (Lipinski definition) is 3. The largest absolute Gasteiger partial charge is 0.453 e. The zero-order valence-electron chi connectivity index (χ0n) is 27.8. The maximum Gasteiger partial charge on any atom is 0.413 e. The van der Waals surface area contributed by atoms with Crippen molar-refractivity contribution in [2.75, 3.05) is 31.0 Å². The molecule has 1 aromatic carbocycles. The number of carbonyl (C=O) groups excluding carboxylic acids is 4. The number of ether oxygens (including phenoxy) is 2. The van der Waals surface area contributed by atoms with Crippen LogP contribution in [0.15, 0.2) is 18.2 Å². The van der Waals surface area contributed by atoms with E-state index in [4.69, 9.17) is 4.74 Å². The minimum absolute atomic E-state index is 0.00440. The van der Waals surface area contributed by atoms with E-state index in [0.29, 0.717) is 54.5 Å². The predicted octanol–water partition coefficient (Wildman–Crippen LogP) is 6.88. The molecule has 0 spiro atoms. The number of likely N-dealkylation sites (tertiary alicyclic amines) is 1. The van der Waals surface area contributed by atoms with Crippen molar-refractivity contribution in [1.29, 1.82) is 0 Å². The maximum absolute atomic E-state index is 14.1. The van der Waals surface area contributed by atoms with Crippen molar-refractivity contribution in [3.05, 3.63) is 18.2 Å². The predicted molar refractivity (Wildman–Crippen MR) is 179 cm³/mol. The second-order valence-electron chi connectivity index (χ2n) is 14.2. The molecular weight excluding hydrogens is 625 g/mol. The Balaban J connectivity index is 1.26. The van der Waals surface area contributed by atoms with Crippen LogP contribution in [0, 0.1) is 23.7 Å². The number of carbonyl (C=O) groups is 4. The Bertz CT molecular complexity index is 1430.